The van der Waals surface area contributed by atoms with Gasteiger partial charge in [-0.3, -0.25) is 9.59 Å². The van der Waals surface area contributed by atoms with Gasteiger partial charge in [0.1, 0.15) is 0 Å². The maximum absolute atomic E-state index is 12.3. The van der Waals surface area contributed by atoms with Gasteiger partial charge in [0.2, 0.25) is 5.91 Å². The molecular formula is C21H24ClN3O3. The highest BCUT2D eigenvalue weighted by Gasteiger charge is 2.17. The van der Waals surface area contributed by atoms with Crippen LogP contribution >= 0.6 is 11.6 Å². The second-order valence-corrected chi connectivity index (χ2v) is 7.22. The van der Waals surface area contributed by atoms with Gasteiger partial charge in [0.05, 0.1) is 12.6 Å². The van der Waals surface area contributed by atoms with Gasteiger partial charge in [-0.2, -0.15) is 0 Å². The first kappa shape index (κ1) is 20.2. The Morgan fingerprint density at radius 2 is 2.07 bits per heavy atom. The fourth-order valence-corrected chi connectivity index (χ4v) is 3.19. The molecule has 1 unspecified atom stereocenters. The van der Waals surface area contributed by atoms with E-state index in [-0.39, 0.29) is 24.5 Å². The number of halogens is 1. The lowest BCUT2D eigenvalue weighted by Crippen LogP contribution is -2.31. The zero-order valence-corrected chi connectivity index (χ0v) is 16.5. The van der Waals surface area contributed by atoms with E-state index in [0.29, 0.717) is 22.8 Å². The van der Waals surface area contributed by atoms with Crippen LogP contribution in [0.4, 0.5) is 11.4 Å². The van der Waals surface area contributed by atoms with Crippen molar-refractivity contribution in [2.45, 2.75) is 25.9 Å². The van der Waals surface area contributed by atoms with Gasteiger partial charge >= 0.3 is 0 Å². The molecule has 2 amide bonds. The molecule has 1 fully saturated rings. The van der Waals surface area contributed by atoms with Crippen molar-refractivity contribution in [2.75, 3.05) is 30.3 Å². The summed E-state index contributed by atoms with van der Waals surface area (Å²) < 4.78 is 5.51. The summed E-state index contributed by atoms with van der Waals surface area (Å²) in [6.07, 6.45) is 2.09. The Labute approximate surface area is 169 Å². The van der Waals surface area contributed by atoms with E-state index in [4.69, 9.17) is 16.3 Å². The number of anilines is 2. The van der Waals surface area contributed by atoms with Crippen molar-refractivity contribution in [3.8, 4) is 0 Å². The maximum atomic E-state index is 12.3. The Hall–Kier alpha value is -2.57. The zero-order valence-electron chi connectivity index (χ0n) is 15.8. The van der Waals surface area contributed by atoms with Crippen molar-refractivity contribution in [3.63, 3.8) is 0 Å². The van der Waals surface area contributed by atoms with Crippen molar-refractivity contribution in [3.05, 3.63) is 58.6 Å². The number of hydrogen-bond acceptors (Lipinski definition) is 4. The summed E-state index contributed by atoms with van der Waals surface area (Å²) >= 11 is 5.99. The molecule has 3 N–H and O–H groups in total. The van der Waals surface area contributed by atoms with Gasteiger partial charge in [-0.25, -0.2) is 0 Å². The van der Waals surface area contributed by atoms with Gasteiger partial charge in [-0.15, -0.1) is 0 Å². The van der Waals surface area contributed by atoms with Crippen LogP contribution in [0.15, 0.2) is 42.5 Å². The third kappa shape index (κ3) is 5.71. The lowest BCUT2D eigenvalue weighted by molar-refractivity contribution is -0.114. The van der Waals surface area contributed by atoms with Crippen molar-refractivity contribution in [1.82, 2.24) is 5.32 Å². The lowest BCUT2D eigenvalue weighted by atomic mass is 10.1. The average molecular weight is 402 g/mol. The van der Waals surface area contributed by atoms with Crippen LogP contribution in [0.25, 0.3) is 0 Å². The van der Waals surface area contributed by atoms with Gasteiger partial charge in [0, 0.05) is 35.1 Å². The predicted octanol–water partition coefficient (Wildman–Crippen LogP) is 3.61. The van der Waals surface area contributed by atoms with Gasteiger partial charge in [0.25, 0.3) is 5.91 Å². The molecule has 2 aromatic carbocycles. The fourth-order valence-electron chi connectivity index (χ4n) is 3.02. The highest BCUT2D eigenvalue weighted by atomic mass is 35.5. The molecule has 0 aliphatic carbocycles. The predicted molar refractivity (Wildman–Crippen MR) is 111 cm³/mol. The number of ether oxygens (including phenoxy) is 1. The minimum Gasteiger partial charge on any atom is -0.376 e. The van der Waals surface area contributed by atoms with Crippen LogP contribution < -0.4 is 16.0 Å². The number of hydrogen-bond donors (Lipinski definition) is 3. The monoisotopic (exact) mass is 401 g/mol. The topological polar surface area (TPSA) is 79.5 Å². The minimum absolute atomic E-state index is 0.0906. The van der Waals surface area contributed by atoms with E-state index in [2.05, 4.69) is 16.0 Å². The van der Waals surface area contributed by atoms with E-state index >= 15 is 0 Å². The first-order chi connectivity index (χ1) is 13.5. The molecule has 2 aromatic rings. The molecule has 0 spiro atoms. The van der Waals surface area contributed by atoms with E-state index in [9.17, 15) is 9.59 Å². The summed E-state index contributed by atoms with van der Waals surface area (Å²) in [6.45, 7) is 3.29. The van der Waals surface area contributed by atoms with Crippen LogP contribution in [-0.2, 0) is 9.53 Å². The number of rotatable bonds is 7. The first-order valence-corrected chi connectivity index (χ1v) is 9.69. The Balaban J connectivity index is 1.52. The number of nitrogens with one attached hydrogen (secondary N) is 3. The molecular weight excluding hydrogens is 378 g/mol. The van der Waals surface area contributed by atoms with Gasteiger partial charge in [-0.1, -0.05) is 23.7 Å². The molecule has 1 saturated heterocycles. The summed E-state index contributed by atoms with van der Waals surface area (Å²) in [5, 5.41) is 9.36. The molecule has 1 atom stereocenters. The van der Waals surface area contributed by atoms with Gasteiger partial charge in [0.15, 0.2) is 0 Å². The standard InChI is InChI=1S/C21H24ClN3O3/c1-14-7-8-16(22)11-19(14)23-13-20(26)25-17-5-2-4-15(10-17)21(27)24-12-18-6-3-9-28-18/h2,4-5,7-8,10-11,18,23H,3,6,9,12-13H2,1H3,(H,24,27)(H,25,26). The van der Waals surface area contributed by atoms with Crippen molar-refractivity contribution < 1.29 is 14.3 Å². The van der Waals surface area contributed by atoms with Crippen LogP contribution in [0, 0.1) is 6.92 Å². The Kier molecular flexibility index (Phi) is 6.90. The number of carbonyl (C=O) groups excluding carboxylic acids is 2. The zero-order chi connectivity index (χ0) is 19.9. The van der Waals surface area contributed by atoms with E-state index in [0.717, 1.165) is 30.7 Å². The van der Waals surface area contributed by atoms with Crippen molar-refractivity contribution in [2.24, 2.45) is 0 Å². The number of amides is 2. The normalized spacial score (nSPS) is 15.9. The molecule has 28 heavy (non-hydrogen) atoms. The quantitative estimate of drug-likeness (QED) is 0.662. The minimum atomic E-state index is -0.212. The van der Waals surface area contributed by atoms with Gasteiger partial charge < -0.3 is 20.7 Å². The lowest BCUT2D eigenvalue weighted by Gasteiger charge is -2.12. The fraction of sp³-hybridized carbons (Fsp3) is 0.333. The number of aryl methyl sites for hydroxylation is 1. The molecule has 0 bridgehead atoms. The van der Waals surface area contributed by atoms with Crippen LogP contribution in [0.1, 0.15) is 28.8 Å². The molecule has 6 nitrogen and oxygen atoms in total. The van der Waals surface area contributed by atoms with E-state index in [1.807, 2.05) is 13.0 Å². The summed E-state index contributed by atoms with van der Waals surface area (Å²) in [5.74, 6) is -0.393. The second-order valence-electron chi connectivity index (χ2n) is 6.79. The Morgan fingerprint density at radius 3 is 2.86 bits per heavy atom. The highest BCUT2D eigenvalue weighted by molar-refractivity contribution is 6.30. The molecule has 1 aliphatic heterocycles. The molecule has 1 heterocycles. The molecule has 1 aliphatic rings. The smallest absolute Gasteiger partial charge is 0.251 e. The van der Waals surface area contributed by atoms with Crippen LogP contribution in [-0.4, -0.2) is 37.6 Å². The third-order valence-corrected chi connectivity index (χ3v) is 4.80. The van der Waals surface area contributed by atoms with Crippen molar-refractivity contribution >= 4 is 34.8 Å². The maximum Gasteiger partial charge on any atom is 0.251 e. The molecule has 0 saturated carbocycles. The molecule has 3 rings (SSSR count). The summed E-state index contributed by atoms with van der Waals surface area (Å²) in [7, 11) is 0. The Bertz CT molecular complexity index is 851. The molecule has 0 aromatic heterocycles. The molecule has 0 radical (unpaired) electrons. The molecule has 7 heteroatoms. The average Bonchev–Trinajstić information content (AvgIpc) is 3.20. The summed E-state index contributed by atoms with van der Waals surface area (Å²) in [5.41, 5.74) is 2.88. The van der Waals surface area contributed by atoms with Crippen LogP contribution in [0.3, 0.4) is 0 Å². The Morgan fingerprint density at radius 1 is 1.21 bits per heavy atom. The second kappa shape index (κ2) is 9.57. The van der Waals surface area contributed by atoms with Crippen molar-refractivity contribution in [1.29, 1.82) is 0 Å². The number of benzene rings is 2. The first-order valence-electron chi connectivity index (χ1n) is 9.31. The molecule has 148 valence electrons. The third-order valence-electron chi connectivity index (χ3n) is 4.56. The summed E-state index contributed by atoms with van der Waals surface area (Å²) in [6, 6.07) is 12.3. The van der Waals surface area contributed by atoms with Gasteiger partial charge in [-0.05, 0) is 55.7 Å². The highest BCUT2D eigenvalue weighted by Crippen LogP contribution is 2.20. The summed E-state index contributed by atoms with van der Waals surface area (Å²) in [4.78, 5) is 24.6. The van der Waals surface area contributed by atoms with E-state index in [1.165, 1.54) is 0 Å². The largest absolute Gasteiger partial charge is 0.376 e. The van der Waals surface area contributed by atoms with E-state index in [1.54, 1.807) is 36.4 Å². The van der Waals surface area contributed by atoms with Crippen LogP contribution in [0.5, 0.6) is 0 Å². The SMILES string of the molecule is Cc1ccc(Cl)cc1NCC(=O)Nc1cccc(C(=O)NCC2CCCO2)c1. The number of carbonyl (C=O) groups is 2. The van der Waals surface area contributed by atoms with E-state index < -0.39 is 0 Å². The van der Waals surface area contributed by atoms with Crippen LogP contribution in [0.2, 0.25) is 5.02 Å².